The first-order valence-electron chi connectivity index (χ1n) is 7.87. The summed E-state index contributed by atoms with van der Waals surface area (Å²) in [5, 5.41) is 0. The van der Waals surface area contributed by atoms with Gasteiger partial charge in [0.15, 0.2) is 0 Å². The lowest BCUT2D eigenvalue weighted by molar-refractivity contribution is 0.304. The lowest BCUT2D eigenvalue weighted by Crippen LogP contribution is -1.97. The van der Waals surface area contributed by atoms with Crippen LogP contribution >= 0.6 is 12.6 Å². The first kappa shape index (κ1) is 16.0. The molecule has 1 aromatic rings. The molecule has 0 heterocycles. The van der Waals surface area contributed by atoms with E-state index in [1.165, 1.54) is 37.7 Å². The molecular formula is C19H24OS. The summed E-state index contributed by atoms with van der Waals surface area (Å²) in [4.78, 5) is 0. The Morgan fingerprint density at radius 1 is 0.905 bits per heavy atom. The van der Waals surface area contributed by atoms with Gasteiger partial charge in [-0.3, -0.25) is 0 Å². The summed E-state index contributed by atoms with van der Waals surface area (Å²) >= 11 is 4.22. The number of unbranched alkanes of at least 4 members (excludes halogenated alkanes) is 5. The minimum atomic E-state index is 0.814. The van der Waals surface area contributed by atoms with Crippen molar-refractivity contribution in [2.45, 2.75) is 38.5 Å². The normalized spacial score (nSPS) is 12.7. The number of hydrogen-bond donors (Lipinski definition) is 1. The fourth-order valence-electron chi connectivity index (χ4n) is 2.35. The monoisotopic (exact) mass is 300 g/mol. The van der Waals surface area contributed by atoms with Gasteiger partial charge in [-0.15, -0.1) is 5.73 Å². The van der Waals surface area contributed by atoms with Crippen molar-refractivity contribution in [3.8, 4) is 5.75 Å². The minimum Gasteiger partial charge on any atom is -0.494 e. The number of benzene rings is 1. The molecule has 2 rings (SSSR count). The average Bonchev–Trinajstić information content (AvgIpc) is 3.05. The van der Waals surface area contributed by atoms with Crippen molar-refractivity contribution in [1.82, 2.24) is 0 Å². The molecule has 0 amide bonds. The third-order valence-electron chi connectivity index (χ3n) is 3.58. The van der Waals surface area contributed by atoms with E-state index in [9.17, 15) is 0 Å². The van der Waals surface area contributed by atoms with Crippen LogP contribution in [0.2, 0.25) is 0 Å². The van der Waals surface area contributed by atoms with Gasteiger partial charge >= 0.3 is 0 Å². The van der Waals surface area contributed by atoms with E-state index in [0.29, 0.717) is 0 Å². The molecular weight excluding hydrogens is 276 g/mol. The van der Waals surface area contributed by atoms with Crippen LogP contribution in [-0.4, -0.2) is 12.4 Å². The van der Waals surface area contributed by atoms with Crippen molar-refractivity contribution in [1.29, 1.82) is 0 Å². The van der Waals surface area contributed by atoms with E-state index in [-0.39, 0.29) is 0 Å². The SMILES string of the molecule is SCCCCCCCCOc1ccc(C2=C=CC=C2)cc1. The summed E-state index contributed by atoms with van der Waals surface area (Å²) in [6.07, 6.45) is 13.6. The molecule has 0 aromatic heterocycles. The molecule has 0 saturated heterocycles. The Morgan fingerprint density at radius 3 is 2.29 bits per heavy atom. The van der Waals surface area contributed by atoms with E-state index in [4.69, 9.17) is 4.74 Å². The van der Waals surface area contributed by atoms with E-state index >= 15 is 0 Å². The molecule has 1 aliphatic carbocycles. The molecule has 0 N–H and O–H groups in total. The van der Waals surface area contributed by atoms with Crippen LogP contribution in [0.4, 0.5) is 0 Å². The lowest BCUT2D eigenvalue weighted by Gasteiger charge is -2.07. The molecule has 112 valence electrons. The minimum absolute atomic E-state index is 0.814. The van der Waals surface area contributed by atoms with Crippen LogP contribution in [0.1, 0.15) is 44.1 Å². The predicted octanol–water partition coefficient (Wildman–Crippen LogP) is 5.44. The number of rotatable bonds is 10. The quantitative estimate of drug-likeness (QED) is 0.344. The van der Waals surface area contributed by atoms with Gasteiger partial charge in [-0.05, 0) is 48.4 Å². The maximum absolute atomic E-state index is 5.78. The van der Waals surface area contributed by atoms with Gasteiger partial charge in [0.2, 0.25) is 0 Å². The Labute approximate surface area is 133 Å². The lowest BCUT2D eigenvalue weighted by atomic mass is 10.1. The Hall–Kier alpha value is -1.37. The first-order chi connectivity index (χ1) is 10.4. The predicted molar refractivity (Wildman–Crippen MR) is 94.1 cm³/mol. The first-order valence-corrected chi connectivity index (χ1v) is 8.51. The van der Waals surface area contributed by atoms with E-state index < -0.39 is 0 Å². The molecule has 0 fully saturated rings. The maximum Gasteiger partial charge on any atom is 0.119 e. The van der Waals surface area contributed by atoms with Gasteiger partial charge in [-0.1, -0.05) is 43.9 Å². The zero-order chi connectivity index (χ0) is 14.8. The van der Waals surface area contributed by atoms with Gasteiger partial charge in [0, 0.05) is 5.57 Å². The fraction of sp³-hybridized carbons (Fsp3) is 0.421. The molecule has 1 nitrogen and oxygen atoms in total. The van der Waals surface area contributed by atoms with Gasteiger partial charge in [-0.2, -0.15) is 12.6 Å². The summed E-state index contributed by atoms with van der Waals surface area (Å²) in [7, 11) is 0. The number of thiol groups is 1. The van der Waals surface area contributed by atoms with E-state index in [1.807, 2.05) is 24.3 Å². The van der Waals surface area contributed by atoms with Crippen LogP contribution in [0.3, 0.4) is 0 Å². The van der Waals surface area contributed by atoms with Crippen molar-refractivity contribution in [3.63, 3.8) is 0 Å². The zero-order valence-corrected chi connectivity index (χ0v) is 13.4. The number of allylic oxidation sites excluding steroid dienone is 3. The molecule has 0 saturated carbocycles. The summed E-state index contributed by atoms with van der Waals surface area (Å²) < 4.78 is 5.78. The van der Waals surface area contributed by atoms with Crippen LogP contribution in [0.15, 0.2) is 48.2 Å². The molecule has 2 heteroatoms. The van der Waals surface area contributed by atoms with Crippen molar-refractivity contribution >= 4 is 18.2 Å². The molecule has 0 spiro atoms. The third-order valence-corrected chi connectivity index (χ3v) is 3.90. The topological polar surface area (TPSA) is 9.23 Å². The number of ether oxygens (including phenoxy) is 1. The Morgan fingerprint density at radius 2 is 1.62 bits per heavy atom. The summed E-state index contributed by atoms with van der Waals surface area (Å²) in [6.45, 7) is 0.814. The second-order valence-electron chi connectivity index (χ2n) is 5.30. The second kappa shape index (κ2) is 9.55. The summed E-state index contributed by atoms with van der Waals surface area (Å²) in [5.74, 6) is 1.97. The van der Waals surface area contributed by atoms with Gasteiger partial charge in [0.25, 0.3) is 0 Å². The highest BCUT2D eigenvalue weighted by atomic mass is 32.1. The molecule has 0 unspecified atom stereocenters. The van der Waals surface area contributed by atoms with Gasteiger partial charge < -0.3 is 4.74 Å². The highest BCUT2D eigenvalue weighted by molar-refractivity contribution is 7.80. The van der Waals surface area contributed by atoms with Gasteiger partial charge in [-0.25, -0.2) is 0 Å². The smallest absolute Gasteiger partial charge is 0.119 e. The van der Waals surface area contributed by atoms with Crippen LogP contribution in [0.5, 0.6) is 5.75 Å². The maximum atomic E-state index is 5.78. The van der Waals surface area contributed by atoms with Crippen LogP contribution in [-0.2, 0) is 0 Å². The standard InChI is InChI=1S/C19H24OS/c21-16-8-4-2-1-3-7-15-20-19-13-11-18(12-14-19)17-9-5-6-10-17/h5-6,9,11-14,21H,1-4,7-8,15-16H2. The highest BCUT2D eigenvalue weighted by Crippen LogP contribution is 2.21. The largest absolute Gasteiger partial charge is 0.494 e. The zero-order valence-electron chi connectivity index (χ0n) is 12.6. The highest BCUT2D eigenvalue weighted by Gasteiger charge is 2.00. The van der Waals surface area contributed by atoms with Crippen molar-refractivity contribution in [2.75, 3.05) is 12.4 Å². The number of hydrogen-bond acceptors (Lipinski definition) is 2. The molecule has 1 aliphatic rings. The summed E-state index contributed by atoms with van der Waals surface area (Å²) in [5.41, 5.74) is 5.54. The fourth-order valence-corrected chi connectivity index (χ4v) is 2.58. The third kappa shape index (κ3) is 5.87. The van der Waals surface area contributed by atoms with Crippen molar-refractivity contribution in [3.05, 3.63) is 53.8 Å². The van der Waals surface area contributed by atoms with E-state index in [1.54, 1.807) is 0 Å². The molecule has 1 aromatic carbocycles. The Bertz CT molecular complexity index is 507. The Kier molecular flexibility index (Phi) is 7.28. The molecule has 21 heavy (non-hydrogen) atoms. The van der Waals surface area contributed by atoms with E-state index in [2.05, 4.69) is 36.6 Å². The second-order valence-corrected chi connectivity index (χ2v) is 5.75. The van der Waals surface area contributed by atoms with Crippen molar-refractivity contribution < 1.29 is 4.74 Å². The molecule has 0 aliphatic heterocycles. The molecule has 0 bridgehead atoms. The molecule has 0 radical (unpaired) electrons. The average molecular weight is 300 g/mol. The summed E-state index contributed by atoms with van der Waals surface area (Å²) in [6, 6.07) is 8.28. The van der Waals surface area contributed by atoms with Gasteiger partial charge in [0.05, 0.1) is 6.61 Å². The van der Waals surface area contributed by atoms with Crippen molar-refractivity contribution in [2.24, 2.45) is 0 Å². The van der Waals surface area contributed by atoms with Gasteiger partial charge in [0.1, 0.15) is 5.75 Å². The van der Waals surface area contributed by atoms with Crippen LogP contribution < -0.4 is 4.74 Å². The van der Waals surface area contributed by atoms with Crippen LogP contribution in [0.25, 0.3) is 5.57 Å². The Balaban J connectivity index is 1.61. The van der Waals surface area contributed by atoms with E-state index in [0.717, 1.165) is 30.1 Å². The molecule has 0 atom stereocenters. The van der Waals surface area contributed by atoms with Crippen LogP contribution in [0, 0.1) is 0 Å².